The van der Waals surface area contributed by atoms with E-state index in [1.165, 1.54) is 23.8 Å². The summed E-state index contributed by atoms with van der Waals surface area (Å²) in [5.74, 6) is 0.322. The fourth-order valence-corrected chi connectivity index (χ4v) is 1.94. The average molecular weight is 431 g/mol. The Kier molecular flexibility index (Phi) is 34.2. The van der Waals surface area contributed by atoms with Gasteiger partial charge < -0.3 is 5.11 Å². The van der Waals surface area contributed by atoms with Crippen molar-refractivity contribution >= 4 is 0 Å². The third-order valence-corrected chi connectivity index (χ3v) is 3.13. The van der Waals surface area contributed by atoms with E-state index in [0.717, 1.165) is 6.42 Å². The lowest BCUT2D eigenvalue weighted by Crippen LogP contribution is -1.87. The maximum atomic E-state index is 9.16. The van der Waals surface area contributed by atoms with Crippen molar-refractivity contribution in [3.63, 3.8) is 0 Å². The molecule has 0 fully saturated rings. The minimum absolute atomic E-state index is 0. The maximum absolute atomic E-state index is 9.16. The van der Waals surface area contributed by atoms with E-state index in [4.69, 9.17) is 10.4 Å². The number of rotatable bonds is 2. The lowest BCUT2D eigenvalue weighted by atomic mass is 10.0. The molecule has 3 aromatic rings. The first-order valence-corrected chi connectivity index (χ1v) is 10.7. The number of phenols is 1. The fourth-order valence-electron chi connectivity index (χ4n) is 1.94. The Morgan fingerprint density at radius 3 is 1.16 bits per heavy atom. The molecule has 0 spiro atoms. The Bertz CT molecular complexity index is 578. The van der Waals surface area contributed by atoms with Gasteiger partial charge in [-0.15, -0.1) is 0 Å². The van der Waals surface area contributed by atoms with Crippen molar-refractivity contribution in [3.8, 4) is 5.75 Å². The second-order valence-electron chi connectivity index (χ2n) is 5.17. The number of aryl methyl sites for hydroxylation is 1. The number of hydrogen-bond donors (Lipinski definition) is 2. The molecule has 31 heavy (non-hydrogen) atoms. The van der Waals surface area contributed by atoms with Gasteiger partial charge in [-0.1, -0.05) is 127 Å². The van der Waals surface area contributed by atoms with Gasteiger partial charge in [-0.05, 0) is 36.6 Å². The third kappa shape index (κ3) is 23.5. The third-order valence-electron chi connectivity index (χ3n) is 3.13. The van der Waals surface area contributed by atoms with Crippen molar-refractivity contribution in [2.75, 3.05) is 7.11 Å². The van der Waals surface area contributed by atoms with Crippen LogP contribution in [0.3, 0.4) is 0 Å². The van der Waals surface area contributed by atoms with Crippen LogP contribution in [0.5, 0.6) is 5.75 Å². The van der Waals surface area contributed by atoms with Crippen LogP contribution in [-0.2, 0) is 11.3 Å². The second kappa shape index (κ2) is 29.6. The van der Waals surface area contributed by atoms with Crippen LogP contribution >= 0.6 is 0 Å². The molecule has 0 saturated heterocycles. The summed E-state index contributed by atoms with van der Waals surface area (Å²) < 4.78 is 0. The summed E-state index contributed by atoms with van der Waals surface area (Å²) >= 11 is 0. The first-order valence-electron chi connectivity index (χ1n) is 10.7. The SMILES string of the molecule is C.CC.CC.CC.COO.Cc1ccc(Cc2ccc(O)cc2)cc1.c1ccccc1. The molecule has 0 aliphatic carbocycles. The zero-order chi connectivity index (χ0) is 23.6. The quantitative estimate of drug-likeness (QED) is 0.315. The number of aromatic hydroxyl groups is 1. The molecule has 0 heterocycles. The van der Waals surface area contributed by atoms with Gasteiger partial charge >= 0.3 is 0 Å². The Morgan fingerprint density at radius 2 is 0.871 bits per heavy atom. The molecule has 3 aromatic carbocycles. The Labute approximate surface area is 192 Å². The standard InChI is InChI=1S/C14H14O.C6H6.3C2H6.CH4O2.CH4/c1-11-2-4-12(5-3-11)10-13-6-8-14(15)9-7-13;1-2-4-6-5-3-1;3*1-2;1-3-2;/h2-9,15H,10H2,1H3;1-6H;3*1-2H3;2H,1H3;1H4. The first-order chi connectivity index (χ1) is 14.7. The molecule has 0 amide bonds. The fraction of sp³-hybridized carbons (Fsp3) is 0.357. The van der Waals surface area contributed by atoms with Crippen molar-refractivity contribution in [2.24, 2.45) is 0 Å². The van der Waals surface area contributed by atoms with Gasteiger partial charge in [0.1, 0.15) is 5.75 Å². The zero-order valence-electron chi connectivity index (χ0n) is 20.1. The molecule has 0 atom stereocenters. The highest BCUT2D eigenvalue weighted by Crippen LogP contribution is 2.14. The normalized spacial score (nSPS) is 7.65. The number of hydrogen-bond acceptors (Lipinski definition) is 3. The van der Waals surface area contributed by atoms with Crippen LogP contribution in [-0.4, -0.2) is 17.5 Å². The van der Waals surface area contributed by atoms with Crippen LogP contribution in [0.25, 0.3) is 0 Å². The van der Waals surface area contributed by atoms with Crippen LogP contribution in [0, 0.1) is 6.92 Å². The van der Waals surface area contributed by atoms with Gasteiger partial charge in [0.2, 0.25) is 0 Å². The minimum Gasteiger partial charge on any atom is -0.508 e. The smallest absolute Gasteiger partial charge is 0.115 e. The molecule has 176 valence electrons. The highest BCUT2D eigenvalue weighted by atomic mass is 17.1. The van der Waals surface area contributed by atoms with Crippen LogP contribution in [0.2, 0.25) is 0 Å². The highest BCUT2D eigenvalue weighted by molar-refractivity contribution is 5.31. The van der Waals surface area contributed by atoms with E-state index in [1.807, 2.05) is 90.1 Å². The second-order valence-corrected chi connectivity index (χ2v) is 5.17. The summed E-state index contributed by atoms with van der Waals surface area (Å²) in [6.45, 7) is 14.1. The molecular formula is C28H46O3. The summed E-state index contributed by atoms with van der Waals surface area (Å²) in [6, 6.07) is 27.9. The predicted octanol–water partition coefficient (Wildman–Crippen LogP) is 8.80. The largest absolute Gasteiger partial charge is 0.508 e. The van der Waals surface area contributed by atoms with E-state index in [9.17, 15) is 0 Å². The predicted molar refractivity (Wildman–Crippen MR) is 139 cm³/mol. The molecule has 3 rings (SSSR count). The molecule has 0 radical (unpaired) electrons. The van der Waals surface area contributed by atoms with Gasteiger partial charge in [-0.2, -0.15) is 0 Å². The summed E-state index contributed by atoms with van der Waals surface area (Å²) in [4.78, 5) is 3.25. The van der Waals surface area contributed by atoms with Crippen molar-refractivity contribution in [1.82, 2.24) is 0 Å². The van der Waals surface area contributed by atoms with Gasteiger partial charge in [-0.25, -0.2) is 4.89 Å². The van der Waals surface area contributed by atoms with E-state index < -0.39 is 0 Å². The van der Waals surface area contributed by atoms with Crippen molar-refractivity contribution in [2.45, 2.75) is 62.3 Å². The van der Waals surface area contributed by atoms with Gasteiger partial charge in [0.05, 0.1) is 7.11 Å². The molecular weight excluding hydrogens is 384 g/mol. The van der Waals surface area contributed by atoms with E-state index in [1.54, 1.807) is 12.1 Å². The Hall–Kier alpha value is -2.62. The monoisotopic (exact) mass is 430 g/mol. The van der Waals surface area contributed by atoms with Crippen LogP contribution in [0.15, 0.2) is 84.9 Å². The van der Waals surface area contributed by atoms with Gasteiger partial charge in [-0.3, -0.25) is 5.26 Å². The van der Waals surface area contributed by atoms with Gasteiger partial charge in [0, 0.05) is 0 Å². The lowest BCUT2D eigenvalue weighted by molar-refractivity contribution is -0.214. The summed E-state index contributed by atoms with van der Waals surface area (Å²) in [7, 11) is 1.18. The van der Waals surface area contributed by atoms with Gasteiger partial charge in [0.25, 0.3) is 0 Å². The molecule has 0 aliphatic heterocycles. The highest BCUT2D eigenvalue weighted by Gasteiger charge is 1.96. The molecule has 3 nitrogen and oxygen atoms in total. The average Bonchev–Trinajstić information content (AvgIpc) is 2.83. The minimum atomic E-state index is 0. The molecule has 0 aromatic heterocycles. The molecule has 0 bridgehead atoms. The van der Waals surface area contributed by atoms with E-state index in [-0.39, 0.29) is 7.43 Å². The van der Waals surface area contributed by atoms with E-state index in [0.29, 0.717) is 5.75 Å². The Morgan fingerprint density at radius 1 is 0.613 bits per heavy atom. The van der Waals surface area contributed by atoms with Crippen molar-refractivity contribution in [1.29, 1.82) is 0 Å². The lowest BCUT2D eigenvalue weighted by Gasteiger charge is -2.02. The number of benzene rings is 3. The summed E-state index contributed by atoms with van der Waals surface area (Å²) in [6.07, 6.45) is 0.917. The molecule has 0 unspecified atom stereocenters. The molecule has 0 aliphatic rings. The molecule has 2 N–H and O–H groups in total. The number of phenolic OH excluding ortho intramolecular Hbond substituents is 1. The van der Waals surface area contributed by atoms with E-state index in [2.05, 4.69) is 36.1 Å². The molecule has 0 saturated carbocycles. The van der Waals surface area contributed by atoms with Crippen LogP contribution in [0.1, 0.15) is 65.7 Å². The van der Waals surface area contributed by atoms with Gasteiger partial charge in [0.15, 0.2) is 0 Å². The van der Waals surface area contributed by atoms with Crippen molar-refractivity contribution < 1.29 is 15.3 Å². The Balaban J connectivity index is -0.000000191. The van der Waals surface area contributed by atoms with Crippen molar-refractivity contribution in [3.05, 3.63) is 102 Å². The summed E-state index contributed by atoms with van der Waals surface area (Å²) in [5.41, 5.74) is 3.80. The van der Waals surface area contributed by atoms with Crippen LogP contribution in [0.4, 0.5) is 0 Å². The maximum Gasteiger partial charge on any atom is 0.115 e. The van der Waals surface area contributed by atoms with Crippen LogP contribution < -0.4 is 0 Å². The summed E-state index contributed by atoms with van der Waals surface area (Å²) in [5, 5.41) is 16.2. The topological polar surface area (TPSA) is 49.7 Å². The molecule has 3 heteroatoms. The zero-order valence-corrected chi connectivity index (χ0v) is 20.1. The van der Waals surface area contributed by atoms with E-state index >= 15 is 0 Å². The first kappa shape index (κ1) is 35.8.